The SMILES string of the molecule is [CH2]c1cnc(N2CCOCC2)nc1. The van der Waals surface area contributed by atoms with Crippen LogP contribution in [-0.4, -0.2) is 36.3 Å². The number of hydrogen-bond donors (Lipinski definition) is 0. The fourth-order valence-electron chi connectivity index (χ4n) is 1.27. The average molecular weight is 178 g/mol. The molecule has 0 aromatic carbocycles. The maximum absolute atomic E-state index is 5.24. The van der Waals surface area contributed by atoms with E-state index in [0.29, 0.717) is 0 Å². The molecule has 0 aliphatic carbocycles. The van der Waals surface area contributed by atoms with Gasteiger partial charge in [0.15, 0.2) is 0 Å². The molecule has 2 rings (SSSR count). The van der Waals surface area contributed by atoms with E-state index in [2.05, 4.69) is 21.8 Å². The first kappa shape index (κ1) is 8.44. The summed E-state index contributed by atoms with van der Waals surface area (Å²) in [7, 11) is 0. The van der Waals surface area contributed by atoms with Crippen molar-refractivity contribution < 1.29 is 4.74 Å². The minimum atomic E-state index is 0.759. The third-order valence-corrected chi connectivity index (χ3v) is 1.99. The zero-order chi connectivity index (χ0) is 9.10. The molecule has 1 fully saturated rings. The van der Waals surface area contributed by atoms with Gasteiger partial charge in [-0.05, 0) is 12.5 Å². The lowest BCUT2D eigenvalue weighted by molar-refractivity contribution is 0.122. The standard InChI is InChI=1S/C9H12N3O/c1-8-6-10-9(11-7-8)12-2-4-13-5-3-12/h6-7H,1-5H2. The maximum Gasteiger partial charge on any atom is 0.225 e. The number of anilines is 1. The molecule has 0 amide bonds. The minimum Gasteiger partial charge on any atom is -0.378 e. The van der Waals surface area contributed by atoms with E-state index < -0.39 is 0 Å². The van der Waals surface area contributed by atoms with Gasteiger partial charge in [-0.15, -0.1) is 0 Å². The second-order valence-corrected chi connectivity index (χ2v) is 2.99. The Morgan fingerprint density at radius 1 is 1.23 bits per heavy atom. The molecular formula is C9H12N3O. The molecule has 0 saturated carbocycles. The van der Waals surface area contributed by atoms with E-state index in [0.717, 1.165) is 37.8 Å². The van der Waals surface area contributed by atoms with Gasteiger partial charge in [-0.25, -0.2) is 9.97 Å². The highest BCUT2D eigenvalue weighted by Crippen LogP contribution is 2.08. The van der Waals surface area contributed by atoms with Crippen LogP contribution in [0.3, 0.4) is 0 Å². The fourth-order valence-corrected chi connectivity index (χ4v) is 1.27. The first-order valence-corrected chi connectivity index (χ1v) is 4.33. The van der Waals surface area contributed by atoms with Crippen LogP contribution in [0.5, 0.6) is 0 Å². The van der Waals surface area contributed by atoms with Gasteiger partial charge in [0.25, 0.3) is 0 Å². The molecule has 1 radical (unpaired) electrons. The van der Waals surface area contributed by atoms with Crippen molar-refractivity contribution in [2.45, 2.75) is 0 Å². The molecule has 1 aliphatic heterocycles. The number of aromatic nitrogens is 2. The summed E-state index contributed by atoms with van der Waals surface area (Å²) < 4.78 is 5.24. The van der Waals surface area contributed by atoms with Crippen LogP contribution in [0, 0.1) is 6.92 Å². The van der Waals surface area contributed by atoms with Crippen molar-refractivity contribution in [3.63, 3.8) is 0 Å². The minimum absolute atomic E-state index is 0.759. The normalized spacial score (nSPS) is 17.5. The molecule has 1 aromatic rings. The number of hydrogen-bond acceptors (Lipinski definition) is 4. The van der Waals surface area contributed by atoms with Crippen molar-refractivity contribution in [1.29, 1.82) is 0 Å². The van der Waals surface area contributed by atoms with Crippen molar-refractivity contribution in [3.8, 4) is 0 Å². The van der Waals surface area contributed by atoms with Gasteiger partial charge in [0.1, 0.15) is 0 Å². The molecule has 13 heavy (non-hydrogen) atoms. The van der Waals surface area contributed by atoms with Gasteiger partial charge >= 0.3 is 0 Å². The van der Waals surface area contributed by atoms with Crippen molar-refractivity contribution in [1.82, 2.24) is 9.97 Å². The van der Waals surface area contributed by atoms with E-state index in [-0.39, 0.29) is 0 Å². The molecule has 1 saturated heterocycles. The van der Waals surface area contributed by atoms with Gasteiger partial charge in [-0.1, -0.05) is 0 Å². The quantitative estimate of drug-likeness (QED) is 0.627. The predicted octanol–water partition coefficient (Wildman–Crippen LogP) is 0.495. The molecule has 0 bridgehead atoms. The summed E-state index contributed by atoms with van der Waals surface area (Å²) >= 11 is 0. The third kappa shape index (κ3) is 1.95. The Morgan fingerprint density at radius 3 is 2.46 bits per heavy atom. The Morgan fingerprint density at radius 2 is 1.85 bits per heavy atom. The number of morpholine rings is 1. The molecule has 4 heteroatoms. The summed E-state index contributed by atoms with van der Waals surface area (Å²) in [5, 5.41) is 0. The first-order chi connectivity index (χ1) is 6.36. The summed E-state index contributed by atoms with van der Waals surface area (Å²) in [5.41, 5.74) is 0.844. The fraction of sp³-hybridized carbons (Fsp3) is 0.444. The van der Waals surface area contributed by atoms with Crippen LogP contribution in [0.1, 0.15) is 5.56 Å². The van der Waals surface area contributed by atoms with Crippen molar-refractivity contribution in [2.75, 3.05) is 31.2 Å². The van der Waals surface area contributed by atoms with Crippen LogP contribution < -0.4 is 4.90 Å². The third-order valence-electron chi connectivity index (χ3n) is 1.99. The molecule has 0 spiro atoms. The molecule has 2 heterocycles. The zero-order valence-corrected chi connectivity index (χ0v) is 7.44. The Labute approximate surface area is 77.6 Å². The van der Waals surface area contributed by atoms with Crippen LogP contribution in [0.15, 0.2) is 12.4 Å². The first-order valence-electron chi connectivity index (χ1n) is 4.33. The monoisotopic (exact) mass is 178 g/mol. The summed E-state index contributed by atoms with van der Waals surface area (Å²) in [6.07, 6.45) is 3.47. The lowest BCUT2D eigenvalue weighted by Crippen LogP contribution is -2.37. The Kier molecular flexibility index (Phi) is 2.40. The Hall–Kier alpha value is -1.16. The molecule has 4 nitrogen and oxygen atoms in total. The lowest BCUT2D eigenvalue weighted by Gasteiger charge is -2.26. The smallest absolute Gasteiger partial charge is 0.225 e. The van der Waals surface area contributed by atoms with Crippen LogP contribution in [0.25, 0.3) is 0 Å². The Bertz CT molecular complexity index is 267. The van der Waals surface area contributed by atoms with Gasteiger partial charge < -0.3 is 9.64 Å². The highest BCUT2D eigenvalue weighted by molar-refractivity contribution is 5.30. The molecule has 0 N–H and O–H groups in total. The van der Waals surface area contributed by atoms with Gasteiger partial charge in [0.2, 0.25) is 5.95 Å². The van der Waals surface area contributed by atoms with E-state index in [9.17, 15) is 0 Å². The van der Waals surface area contributed by atoms with Gasteiger partial charge in [-0.3, -0.25) is 0 Å². The largest absolute Gasteiger partial charge is 0.378 e. The molecule has 1 aromatic heterocycles. The molecule has 1 aliphatic rings. The van der Waals surface area contributed by atoms with Gasteiger partial charge in [-0.2, -0.15) is 0 Å². The van der Waals surface area contributed by atoms with Crippen LogP contribution >= 0.6 is 0 Å². The number of rotatable bonds is 1. The van der Waals surface area contributed by atoms with E-state index in [1.807, 2.05) is 0 Å². The highest BCUT2D eigenvalue weighted by Gasteiger charge is 2.12. The van der Waals surface area contributed by atoms with E-state index in [1.165, 1.54) is 0 Å². The summed E-state index contributed by atoms with van der Waals surface area (Å²) in [5.74, 6) is 0.774. The molecule has 0 unspecified atom stereocenters. The zero-order valence-electron chi connectivity index (χ0n) is 7.44. The van der Waals surface area contributed by atoms with Crippen LogP contribution in [-0.2, 0) is 4.74 Å². The maximum atomic E-state index is 5.24. The second-order valence-electron chi connectivity index (χ2n) is 2.99. The van der Waals surface area contributed by atoms with Crippen LogP contribution in [0.2, 0.25) is 0 Å². The van der Waals surface area contributed by atoms with Crippen molar-refractivity contribution in [3.05, 3.63) is 24.9 Å². The van der Waals surface area contributed by atoms with E-state index in [4.69, 9.17) is 4.74 Å². The molecule has 69 valence electrons. The lowest BCUT2D eigenvalue weighted by atomic mass is 10.4. The Balaban J connectivity index is 2.10. The predicted molar refractivity (Wildman–Crippen MR) is 49.5 cm³/mol. The van der Waals surface area contributed by atoms with Gasteiger partial charge in [0, 0.05) is 25.5 Å². The van der Waals surface area contributed by atoms with Crippen molar-refractivity contribution in [2.24, 2.45) is 0 Å². The van der Waals surface area contributed by atoms with Crippen LogP contribution in [0.4, 0.5) is 5.95 Å². The van der Waals surface area contributed by atoms with Crippen molar-refractivity contribution >= 4 is 5.95 Å². The summed E-state index contributed by atoms with van der Waals surface area (Å²) in [6, 6.07) is 0. The highest BCUT2D eigenvalue weighted by atomic mass is 16.5. The topological polar surface area (TPSA) is 38.2 Å². The average Bonchev–Trinajstić information content (AvgIpc) is 2.20. The van der Waals surface area contributed by atoms with E-state index >= 15 is 0 Å². The van der Waals surface area contributed by atoms with E-state index in [1.54, 1.807) is 12.4 Å². The number of nitrogens with zero attached hydrogens (tertiary/aromatic N) is 3. The number of ether oxygens (including phenoxy) is 1. The molecular weight excluding hydrogens is 166 g/mol. The summed E-state index contributed by atoms with van der Waals surface area (Å²) in [4.78, 5) is 10.5. The second kappa shape index (κ2) is 3.70. The molecule has 0 atom stereocenters. The summed E-state index contributed by atoms with van der Waals surface area (Å²) in [6.45, 7) is 7.00. The van der Waals surface area contributed by atoms with Gasteiger partial charge in [0.05, 0.1) is 13.2 Å².